The lowest BCUT2D eigenvalue weighted by Crippen LogP contribution is -1.94. The van der Waals surface area contributed by atoms with Crippen LogP contribution in [-0.2, 0) is 0 Å². The van der Waals surface area contributed by atoms with E-state index in [1.54, 1.807) is 18.3 Å². The highest BCUT2D eigenvalue weighted by molar-refractivity contribution is 5.60. The van der Waals surface area contributed by atoms with E-state index >= 15 is 0 Å². The Bertz CT molecular complexity index is 565. The molecule has 0 aliphatic rings. The van der Waals surface area contributed by atoms with Crippen molar-refractivity contribution in [3.05, 3.63) is 53.9 Å². The summed E-state index contributed by atoms with van der Waals surface area (Å²) >= 11 is 0. The molecule has 1 aromatic heterocycles. The van der Waals surface area contributed by atoms with E-state index in [9.17, 15) is 0 Å². The van der Waals surface area contributed by atoms with Crippen LogP contribution >= 0.6 is 0 Å². The minimum atomic E-state index is 0.459. The molecule has 0 amide bonds. The second-order valence-corrected chi connectivity index (χ2v) is 4.48. The first-order valence-corrected chi connectivity index (χ1v) is 5.91. The van der Waals surface area contributed by atoms with Crippen LogP contribution in [0.4, 0.5) is 11.4 Å². The van der Waals surface area contributed by atoms with Gasteiger partial charge in [-0.25, -0.2) is 0 Å². The van der Waals surface area contributed by atoms with E-state index in [-0.39, 0.29) is 0 Å². The molecule has 1 aromatic carbocycles. The second kappa shape index (κ2) is 5.33. The number of aromatic nitrogens is 1. The second-order valence-electron chi connectivity index (χ2n) is 4.48. The molecule has 3 heteroatoms. The molecule has 0 atom stereocenters. The van der Waals surface area contributed by atoms with Crippen molar-refractivity contribution in [1.29, 1.82) is 5.26 Å². The van der Waals surface area contributed by atoms with Crippen LogP contribution in [0.2, 0.25) is 0 Å². The maximum absolute atomic E-state index is 8.74. The summed E-state index contributed by atoms with van der Waals surface area (Å²) in [6, 6.07) is 11.6. The molecular formula is C15H15N3. The van der Waals surface area contributed by atoms with Gasteiger partial charge in [-0.2, -0.15) is 5.26 Å². The maximum atomic E-state index is 8.74. The van der Waals surface area contributed by atoms with Crippen LogP contribution in [0.25, 0.3) is 0 Å². The summed E-state index contributed by atoms with van der Waals surface area (Å²) in [4.78, 5) is 4.22. The average Bonchev–Trinajstić information content (AvgIpc) is 2.40. The fourth-order valence-corrected chi connectivity index (χ4v) is 1.64. The van der Waals surface area contributed by atoms with Crippen molar-refractivity contribution < 1.29 is 0 Å². The number of hydrogen-bond donors (Lipinski definition) is 1. The third-order valence-electron chi connectivity index (χ3n) is 2.73. The largest absolute Gasteiger partial charge is 0.354 e. The maximum Gasteiger partial charge on any atom is 0.0991 e. The topological polar surface area (TPSA) is 48.7 Å². The zero-order valence-corrected chi connectivity index (χ0v) is 10.5. The van der Waals surface area contributed by atoms with Gasteiger partial charge in [0, 0.05) is 11.9 Å². The Morgan fingerprint density at radius 2 is 1.83 bits per heavy atom. The predicted octanol–water partition coefficient (Wildman–Crippen LogP) is 3.82. The molecule has 2 rings (SSSR count). The molecule has 90 valence electrons. The SMILES string of the molecule is CC(C)c1cncc(Nc2ccc(C#N)cc2)c1. The summed E-state index contributed by atoms with van der Waals surface area (Å²) in [5, 5.41) is 12.0. The molecule has 2 aromatic rings. The molecule has 0 radical (unpaired) electrons. The van der Waals surface area contributed by atoms with Gasteiger partial charge in [0.2, 0.25) is 0 Å². The molecule has 0 aliphatic carbocycles. The van der Waals surface area contributed by atoms with E-state index in [0.717, 1.165) is 11.4 Å². The molecule has 0 unspecified atom stereocenters. The highest BCUT2D eigenvalue weighted by Crippen LogP contribution is 2.20. The molecular weight excluding hydrogens is 222 g/mol. The summed E-state index contributed by atoms with van der Waals surface area (Å²) in [6.07, 6.45) is 3.68. The van der Waals surface area contributed by atoms with Crippen molar-refractivity contribution >= 4 is 11.4 Å². The average molecular weight is 237 g/mol. The molecule has 0 bridgehead atoms. The van der Waals surface area contributed by atoms with Crippen LogP contribution < -0.4 is 5.32 Å². The van der Waals surface area contributed by atoms with Crippen LogP contribution in [0, 0.1) is 11.3 Å². The third-order valence-corrected chi connectivity index (χ3v) is 2.73. The van der Waals surface area contributed by atoms with E-state index in [1.807, 2.05) is 18.3 Å². The van der Waals surface area contributed by atoms with Gasteiger partial charge in [0.25, 0.3) is 0 Å². The van der Waals surface area contributed by atoms with Crippen LogP contribution in [-0.4, -0.2) is 4.98 Å². The number of nitrogens with zero attached hydrogens (tertiary/aromatic N) is 2. The van der Waals surface area contributed by atoms with Gasteiger partial charge < -0.3 is 5.32 Å². The first-order valence-electron chi connectivity index (χ1n) is 5.91. The first kappa shape index (κ1) is 12.1. The van der Waals surface area contributed by atoms with Crippen molar-refractivity contribution in [2.24, 2.45) is 0 Å². The lowest BCUT2D eigenvalue weighted by Gasteiger charge is -2.09. The molecule has 0 saturated carbocycles. The normalized spacial score (nSPS) is 10.1. The van der Waals surface area contributed by atoms with Crippen molar-refractivity contribution in [2.75, 3.05) is 5.32 Å². The van der Waals surface area contributed by atoms with Crippen LogP contribution in [0.1, 0.15) is 30.9 Å². The van der Waals surface area contributed by atoms with E-state index in [4.69, 9.17) is 5.26 Å². The zero-order valence-electron chi connectivity index (χ0n) is 10.5. The monoisotopic (exact) mass is 237 g/mol. The van der Waals surface area contributed by atoms with Gasteiger partial charge in [-0.05, 0) is 41.8 Å². The predicted molar refractivity (Wildman–Crippen MR) is 72.8 cm³/mol. The number of pyridine rings is 1. The van der Waals surface area contributed by atoms with E-state index in [1.165, 1.54) is 5.56 Å². The molecule has 18 heavy (non-hydrogen) atoms. The van der Waals surface area contributed by atoms with Gasteiger partial charge in [-0.1, -0.05) is 13.8 Å². The molecule has 0 saturated heterocycles. The Labute approximate surface area is 107 Å². The molecule has 0 spiro atoms. The fraction of sp³-hybridized carbons (Fsp3) is 0.200. The van der Waals surface area contributed by atoms with Crippen LogP contribution in [0.3, 0.4) is 0 Å². The van der Waals surface area contributed by atoms with E-state index in [2.05, 4.69) is 36.3 Å². The van der Waals surface area contributed by atoms with Gasteiger partial charge in [0.15, 0.2) is 0 Å². The summed E-state index contributed by atoms with van der Waals surface area (Å²) < 4.78 is 0. The summed E-state index contributed by atoms with van der Waals surface area (Å²) in [6.45, 7) is 4.28. The summed E-state index contributed by atoms with van der Waals surface area (Å²) in [7, 11) is 0. The minimum absolute atomic E-state index is 0.459. The summed E-state index contributed by atoms with van der Waals surface area (Å²) in [5.74, 6) is 0.459. The molecule has 1 N–H and O–H groups in total. The number of benzene rings is 1. The van der Waals surface area contributed by atoms with Crippen LogP contribution in [0.15, 0.2) is 42.7 Å². The Morgan fingerprint density at radius 3 is 2.44 bits per heavy atom. The first-order chi connectivity index (χ1) is 8.69. The third kappa shape index (κ3) is 2.86. The number of nitriles is 1. The smallest absolute Gasteiger partial charge is 0.0991 e. The lowest BCUT2D eigenvalue weighted by molar-refractivity contribution is 0.859. The number of nitrogens with one attached hydrogen (secondary N) is 1. The van der Waals surface area contributed by atoms with Gasteiger partial charge in [0.1, 0.15) is 0 Å². The Morgan fingerprint density at radius 1 is 1.11 bits per heavy atom. The quantitative estimate of drug-likeness (QED) is 0.882. The van der Waals surface area contributed by atoms with Gasteiger partial charge in [-0.3, -0.25) is 4.98 Å². The highest BCUT2D eigenvalue weighted by atomic mass is 14.9. The van der Waals surface area contributed by atoms with Crippen molar-refractivity contribution in [3.8, 4) is 6.07 Å². The van der Waals surface area contributed by atoms with Gasteiger partial charge in [0.05, 0.1) is 23.5 Å². The Hall–Kier alpha value is -2.34. The van der Waals surface area contributed by atoms with Crippen molar-refractivity contribution in [3.63, 3.8) is 0 Å². The molecule has 0 aliphatic heterocycles. The van der Waals surface area contributed by atoms with Gasteiger partial charge >= 0.3 is 0 Å². The molecule has 0 fully saturated rings. The van der Waals surface area contributed by atoms with Crippen molar-refractivity contribution in [2.45, 2.75) is 19.8 Å². The lowest BCUT2D eigenvalue weighted by atomic mass is 10.1. The zero-order chi connectivity index (χ0) is 13.0. The number of anilines is 2. The van der Waals surface area contributed by atoms with Crippen LogP contribution in [0.5, 0.6) is 0 Å². The standard InChI is InChI=1S/C15H15N3/c1-11(2)13-7-15(10-17-9-13)18-14-5-3-12(8-16)4-6-14/h3-7,9-11,18H,1-2H3. The molecule has 3 nitrogen and oxygen atoms in total. The fourth-order valence-electron chi connectivity index (χ4n) is 1.64. The number of hydrogen-bond acceptors (Lipinski definition) is 3. The van der Waals surface area contributed by atoms with Gasteiger partial charge in [-0.15, -0.1) is 0 Å². The van der Waals surface area contributed by atoms with Crippen molar-refractivity contribution in [1.82, 2.24) is 4.98 Å². The molecule has 1 heterocycles. The summed E-state index contributed by atoms with van der Waals surface area (Å²) in [5.41, 5.74) is 3.78. The van der Waals surface area contributed by atoms with E-state index < -0.39 is 0 Å². The minimum Gasteiger partial charge on any atom is -0.354 e. The Balaban J connectivity index is 2.18. The Kier molecular flexibility index (Phi) is 3.59. The number of rotatable bonds is 3. The van der Waals surface area contributed by atoms with E-state index in [0.29, 0.717) is 11.5 Å². The highest BCUT2D eigenvalue weighted by Gasteiger charge is 2.01.